The highest BCUT2D eigenvalue weighted by Gasteiger charge is 2.70. The second kappa shape index (κ2) is 11.9. The molecule has 3 heteroatoms. The van der Waals surface area contributed by atoms with Gasteiger partial charge < -0.3 is 15.3 Å². The van der Waals surface area contributed by atoms with Crippen LogP contribution in [-0.4, -0.2) is 33.6 Å². The molecule has 0 spiro atoms. The van der Waals surface area contributed by atoms with Crippen LogP contribution < -0.4 is 0 Å². The van der Waals surface area contributed by atoms with Gasteiger partial charge in [-0.25, -0.2) is 0 Å². The largest absolute Gasteiger partial charge is 0.393 e. The van der Waals surface area contributed by atoms with Crippen LogP contribution in [0.1, 0.15) is 140 Å². The number of hydrogen-bond donors (Lipinski definition) is 3. The van der Waals surface area contributed by atoms with Gasteiger partial charge in [-0.05, 0) is 121 Å². The predicted molar refractivity (Wildman–Crippen MR) is 175 cm³/mol. The molecular formula is C39H70O3. The first-order valence-corrected chi connectivity index (χ1v) is 18.6. The minimum atomic E-state index is -0.539. The van der Waals surface area contributed by atoms with E-state index >= 15 is 0 Å². The number of hydrogen-bond acceptors (Lipinski definition) is 3. The minimum absolute atomic E-state index is 0.00294. The van der Waals surface area contributed by atoms with Crippen molar-refractivity contribution in [3.63, 3.8) is 0 Å². The third kappa shape index (κ3) is 5.18. The van der Waals surface area contributed by atoms with E-state index in [0.717, 1.165) is 42.4 Å². The highest BCUT2D eigenvalue weighted by molar-refractivity contribution is 5.18. The van der Waals surface area contributed by atoms with E-state index in [2.05, 4.69) is 62.3 Å². The molecule has 0 amide bonds. The van der Waals surface area contributed by atoms with E-state index in [-0.39, 0.29) is 40.1 Å². The molecule has 0 aromatic heterocycles. The molecular weight excluding hydrogens is 516 g/mol. The molecule has 42 heavy (non-hydrogen) atoms. The Balaban J connectivity index is 1.48. The van der Waals surface area contributed by atoms with Gasteiger partial charge in [0.1, 0.15) is 0 Å². The maximum atomic E-state index is 12.6. The van der Waals surface area contributed by atoms with Gasteiger partial charge in [-0.3, -0.25) is 0 Å². The van der Waals surface area contributed by atoms with Crippen molar-refractivity contribution in [3.8, 4) is 0 Å². The van der Waals surface area contributed by atoms with E-state index in [4.69, 9.17) is 0 Å². The number of aliphatic hydroxyl groups is 3. The van der Waals surface area contributed by atoms with E-state index < -0.39 is 12.2 Å². The van der Waals surface area contributed by atoms with Crippen LogP contribution in [0.4, 0.5) is 0 Å². The molecule has 0 aromatic carbocycles. The van der Waals surface area contributed by atoms with Crippen molar-refractivity contribution in [2.45, 2.75) is 158 Å². The van der Waals surface area contributed by atoms with Crippen LogP contribution in [0.3, 0.4) is 0 Å². The Kier molecular flexibility index (Phi) is 9.43. The Hall–Kier alpha value is -0.120. The van der Waals surface area contributed by atoms with E-state index in [1.165, 1.54) is 57.8 Å². The van der Waals surface area contributed by atoms with Crippen LogP contribution in [0.25, 0.3) is 0 Å². The molecule has 5 aliphatic carbocycles. The molecule has 0 heterocycles. The lowest BCUT2D eigenvalue weighted by Gasteiger charge is -2.72. The van der Waals surface area contributed by atoms with Gasteiger partial charge in [0.2, 0.25) is 0 Å². The normalized spacial score (nSPS) is 55.4. The maximum Gasteiger partial charge on any atom is 0.0656 e. The van der Waals surface area contributed by atoms with Gasteiger partial charge in [0.05, 0.1) is 18.3 Å². The van der Waals surface area contributed by atoms with Crippen molar-refractivity contribution in [1.82, 2.24) is 0 Å². The summed E-state index contributed by atoms with van der Waals surface area (Å²) in [4.78, 5) is 0. The third-order valence-corrected chi connectivity index (χ3v) is 15.9. The fourth-order valence-electron chi connectivity index (χ4n) is 13.8. The minimum Gasteiger partial charge on any atom is -0.393 e. The number of aliphatic hydroxyl groups excluding tert-OH is 3. The van der Waals surface area contributed by atoms with Crippen molar-refractivity contribution in [3.05, 3.63) is 0 Å². The monoisotopic (exact) mass is 587 g/mol. The lowest BCUT2D eigenvalue weighted by atomic mass is 9.34. The molecule has 5 rings (SSSR count). The number of fused-ring (bicyclic) bond motifs is 3. The molecule has 17 atom stereocenters. The molecule has 5 aliphatic rings. The molecule has 0 aliphatic heterocycles. The van der Waals surface area contributed by atoms with Crippen LogP contribution in [0, 0.1) is 87.3 Å². The van der Waals surface area contributed by atoms with Crippen molar-refractivity contribution in [2.75, 3.05) is 0 Å². The summed E-state index contributed by atoms with van der Waals surface area (Å²) < 4.78 is 0. The smallest absolute Gasteiger partial charge is 0.0656 e. The molecule has 0 saturated heterocycles. The zero-order valence-electron chi connectivity index (χ0n) is 29.3. The van der Waals surface area contributed by atoms with Crippen molar-refractivity contribution < 1.29 is 15.3 Å². The summed E-state index contributed by atoms with van der Waals surface area (Å²) in [5.41, 5.74) is -0.214. The Labute approximate surface area is 260 Å². The Morgan fingerprint density at radius 3 is 2.14 bits per heavy atom. The standard InChI is InChI=1S/C39H70O3/c1-11-28-16-15-27(14-12-22(2)3)18-30(28)29-17-13-23(4)33-31(29)20-37(8)21-38(9)19-24(5)32(26(7)40)36(42)39(38,10)25(6)34(37)35(33)41/h22-36,40-42H,11-21H2,1-10H3. The molecule has 17 unspecified atom stereocenters. The summed E-state index contributed by atoms with van der Waals surface area (Å²) >= 11 is 0. The summed E-state index contributed by atoms with van der Waals surface area (Å²) in [7, 11) is 0. The van der Waals surface area contributed by atoms with Gasteiger partial charge in [0, 0.05) is 11.3 Å². The van der Waals surface area contributed by atoms with Gasteiger partial charge in [-0.15, -0.1) is 0 Å². The van der Waals surface area contributed by atoms with Gasteiger partial charge in [0.15, 0.2) is 0 Å². The van der Waals surface area contributed by atoms with Gasteiger partial charge in [0.25, 0.3) is 0 Å². The maximum absolute atomic E-state index is 12.6. The van der Waals surface area contributed by atoms with Crippen LogP contribution in [-0.2, 0) is 0 Å². The zero-order chi connectivity index (χ0) is 30.9. The quantitative estimate of drug-likeness (QED) is 0.291. The van der Waals surface area contributed by atoms with Crippen LogP contribution in [0.5, 0.6) is 0 Å². The topological polar surface area (TPSA) is 60.7 Å². The van der Waals surface area contributed by atoms with Crippen molar-refractivity contribution in [1.29, 1.82) is 0 Å². The SMILES string of the molecule is CCC1CCC(CCC(C)C)CC1C1CCC(C)C2C(O)C3C(C)C4(C)C(O)C(C(C)O)C(C)CC4(C)CC3(C)CC12. The van der Waals surface area contributed by atoms with Crippen LogP contribution in [0.15, 0.2) is 0 Å². The molecule has 0 radical (unpaired) electrons. The van der Waals surface area contributed by atoms with Crippen LogP contribution >= 0.6 is 0 Å². The van der Waals surface area contributed by atoms with E-state index in [0.29, 0.717) is 23.7 Å². The molecule has 5 saturated carbocycles. The second-order valence-corrected chi connectivity index (χ2v) is 18.6. The second-order valence-electron chi connectivity index (χ2n) is 18.6. The first kappa shape index (κ1) is 33.2. The highest BCUT2D eigenvalue weighted by Crippen LogP contribution is 2.73. The highest BCUT2D eigenvalue weighted by atomic mass is 16.3. The average molecular weight is 587 g/mol. The van der Waals surface area contributed by atoms with Crippen molar-refractivity contribution in [2.24, 2.45) is 87.3 Å². The lowest BCUT2D eigenvalue weighted by molar-refractivity contribution is -0.280. The molecule has 0 bridgehead atoms. The first-order chi connectivity index (χ1) is 19.6. The average Bonchev–Trinajstić information content (AvgIpc) is 2.89. The molecule has 244 valence electrons. The summed E-state index contributed by atoms with van der Waals surface area (Å²) in [5, 5.41) is 35.5. The third-order valence-electron chi connectivity index (χ3n) is 15.9. The fourth-order valence-corrected chi connectivity index (χ4v) is 13.8. The molecule has 3 N–H and O–H groups in total. The van der Waals surface area contributed by atoms with Crippen molar-refractivity contribution >= 4 is 0 Å². The zero-order valence-corrected chi connectivity index (χ0v) is 29.3. The van der Waals surface area contributed by atoms with Gasteiger partial charge >= 0.3 is 0 Å². The van der Waals surface area contributed by atoms with Gasteiger partial charge in [-0.1, -0.05) is 94.4 Å². The van der Waals surface area contributed by atoms with E-state index in [1.54, 1.807) is 0 Å². The molecule has 0 aromatic rings. The molecule has 5 fully saturated rings. The predicted octanol–water partition coefficient (Wildman–Crippen LogP) is 8.98. The Morgan fingerprint density at radius 2 is 1.52 bits per heavy atom. The lowest BCUT2D eigenvalue weighted by Crippen LogP contribution is -2.70. The van der Waals surface area contributed by atoms with Gasteiger partial charge in [-0.2, -0.15) is 0 Å². The molecule has 3 nitrogen and oxygen atoms in total. The van der Waals surface area contributed by atoms with E-state index in [1.807, 2.05) is 6.92 Å². The summed E-state index contributed by atoms with van der Waals surface area (Å²) in [6.07, 6.45) is 13.1. The van der Waals surface area contributed by atoms with E-state index in [9.17, 15) is 15.3 Å². The first-order valence-electron chi connectivity index (χ1n) is 18.6. The summed E-state index contributed by atoms with van der Waals surface area (Å²) in [6, 6.07) is 0. The summed E-state index contributed by atoms with van der Waals surface area (Å²) in [6.45, 7) is 23.5. The fraction of sp³-hybridized carbons (Fsp3) is 1.00. The summed E-state index contributed by atoms with van der Waals surface area (Å²) in [5.74, 6) is 6.37. The number of rotatable bonds is 6. The Bertz CT molecular complexity index is 931. The van der Waals surface area contributed by atoms with Crippen LogP contribution in [0.2, 0.25) is 0 Å². The Morgan fingerprint density at radius 1 is 0.833 bits per heavy atom.